The average molecular weight is 557 g/mol. The number of benzene rings is 2. The van der Waals surface area contributed by atoms with Gasteiger partial charge in [0.1, 0.15) is 0 Å². The van der Waals surface area contributed by atoms with Crippen LogP contribution in [0.5, 0.6) is 11.5 Å². The molecule has 10 aliphatic rings. The summed E-state index contributed by atoms with van der Waals surface area (Å²) in [6, 6.07) is 11.1. The van der Waals surface area contributed by atoms with Crippen molar-refractivity contribution in [2.45, 2.75) is 87.6 Å². The molecule has 6 atom stereocenters. The van der Waals surface area contributed by atoms with Gasteiger partial charge in [0, 0.05) is 0 Å². The number of rotatable bonds is 7. The van der Waals surface area contributed by atoms with Crippen LogP contribution in [0, 0.1) is 27.7 Å². The number of aryl methyl sites for hydroxylation is 4. The van der Waals surface area contributed by atoms with Crippen molar-refractivity contribution in [3.05, 3.63) is 46.5 Å². The van der Waals surface area contributed by atoms with E-state index in [4.69, 9.17) is 9.47 Å². The maximum absolute atomic E-state index is 5.88. The Morgan fingerprint density at radius 3 is 1.43 bits per heavy atom. The molecule has 2 aromatic carbocycles. The molecule has 0 saturated carbocycles. The van der Waals surface area contributed by atoms with Crippen LogP contribution in [0.2, 0.25) is 42.8 Å². The van der Waals surface area contributed by atoms with Gasteiger partial charge in [-0.2, -0.15) is 0 Å². The Morgan fingerprint density at radius 2 is 1.14 bits per heavy atom. The fraction of sp³-hybridized carbons (Fsp3) is 0.625. The number of nitrogens with zero attached hydrogens (tertiary/aromatic N) is 1. The first-order valence-electron chi connectivity index (χ1n) is 14.4. The summed E-state index contributed by atoms with van der Waals surface area (Å²) in [5, 5.41) is 3.35. The van der Waals surface area contributed by atoms with Crippen LogP contribution in [0.3, 0.4) is 0 Å². The first-order valence-corrected chi connectivity index (χ1v) is 21.9. The van der Waals surface area contributed by atoms with Gasteiger partial charge >= 0.3 is 213 Å². The summed E-state index contributed by atoms with van der Waals surface area (Å²) < 4.78 is 13.2. The molecule has 0 amide bonds. The molecule has 0 bridgehead atoms. The van der Waals surface area contributed by atoms with Gasteiger partial charge in [-0.25, -0.2) is 0 Å². The van der Waals surface area contributed by atoms with Crippen molar-refractivity contribution in [1.82, 2.24) is 4.90 Å². The Balaban J connectivity index is 1.21. The molecule has 37 heavy (non-hydrogen) atoms. The predicted octanol–water partition coefficient (Wildman–Crippen LogP) is 6.99. The van der Waals surface area contributed by atoms with Gasteiger partial charge < -0.3 is 0 Å². The zero-order chi connectivity index (χ0) is 25.5. The first kappa shape index (κ1) is 19.9. The van der Waals surface area contributed by atoms with Crippen LogP contribution < -0.4 is 20.1 Å². The van der Waals surface area contributed by atoms with E-state index in [0.29, 0.717) is 4.05 Å². The first-order chi connectivity index (χ1) is 17.4. The Kier molecular flexibility index (Phi) is 1.53. The van der Waals surface area contributed by atoms with Gasteiger partial charge in [-0.3, -0.25) is 0 Å². The van der Waals surface area contributed by atoms with Crippen LogP contribution in [0.25, 0.3) is 0 Å². The molecule has 0 aromatic heterocycles. The number of ether oxygens (including phenoxy) is 2. The van der Waals surface area contributed by atoms with E-state index in [1.807, 2.05) is 14.2 Å². The molecule has 10 fully saturated rings. The molecule has 0 aliphatic carbocycles. The number of fused-ring (bicyclic) bond motifs is 10. The standard InChI is InChI=1S/C27H35NO2P.C5H5.Fe/c1-17-13-22(14-18(2)26(17)29-8)31(23-15-19(3)27(30-9)20(4)16-23)25-12-10-11-24(25)21(5)28(6)7;1-2-4-5-3-1;/h10-16,21H,1-9H3;1-5H;/t21-;;/m1../s1. The van der Waals surface area contributed by atoms with Gasteiger partial charge in [-0.05, 0) is 0 Å². The van der Waals surface area contributed by atoms with Crippen LogP contribution in [0.15, 0.2) is 24.3 Å². The third-order valence-electron chi connectivity index (χ3n) is 20.4. The molecule has 5 heteroatoms. The van der Waals surface area contributed by atoms with Gasteiger partial charge in [0.2, 0.25) is 0 Å². The molecule has 12 rings (SSSR count). The van der Waals surface area contributed by atoms with Crippen LogP contribution >= 0.6 is 7.92 Å². The van der Waals surface area contributed by atoms with E-state index in [2.05, 4.69) is 77.9 Å². The van der Waals surface area contributed by atoms with E-state index in [0.717, 1.165) is 21.9 Å². The van der Waals surface area contributed by atoms with Crippen LogP contribution in [-0.4, -0.2) is 43.3 Å². The Hall–Kier alpha value is -1.05. The number of hydrogen-bond acceptors (Lipinski definition) is 3. The summed E-state index contributed by atoms with van der Waals surface area (Å²) in [5.41, 5.74) is 5.31. The fourth-order valence-corrected chi connectivity index (χ4v) is 114. The Labute approximate surface area is 212 Å². The predicted molar refractivity (Wildman–Crippen MR) is 150 cm³/mol. The van der Waals surface area contributed by atoms with Crippen molar-refractivity contribution >= 4 is 18.5 Å². The summed E-state index contributed by atoms with van der Waals surface area (Å²) in [6.45, 7) is 8.09. The summed E-state index contributed by atoms with van der Waals surface area (Å²) >= 11 is 0. The van der Waals surface area contributed by atoms with Crippen LogP contribution in [-0.2, 0) is 6.51 Å². The summed E-state index contributed by atoms with van der Waals surface area (Å²) in [5.74, 6) is 2.17. The summed E-state index contributed by atoms with van der Waals surface area (Å²) in [6.07, 6.45) is 0. The second-order valence-corrected chi connectivity index (χ2v) is 43.0. The molecule has 198 valence electrons. The van der Waals surface area contributed by atoms with Crippen molar-refractivity contribution in [3.63, 3.8) is 0 Å². The topological polar surface area (TPSA) is 21.7 Å². The fourth-order valence-electron chi connectivity index (χ4n) is 22.1. The normalized spacial score (nSPS) is 64.2. The zero-order valence-electron chi connectivity index (χ0n) is 23.6. The van der Waals surface area contributed by atoms with Gasteiger partial charge in [-0.15, -0.1) is 0 Å². The van der Waals surface area contributed by atoms with E-state index in [1.54, 1.807) is 10.6 Å². The molecule has 0 N–H and O–H groups in total. The third-order valence-corrected chi connectivity index (χ3v) is 70.5. The monoisotopic (exact) mass is 557 g/mol. The van der Waals surface area contributed by atoms with Gasteiger partial charge in [0.25, 0.3) is 0 Å². The van der Waals surface area contributed by atoms with E-state index in [9.17, 15) is 0 Å². The van der Waals surface area contributed by atoms with E-state index < -0.39 is 14.4 Å². The van der Waals surface area contributed by atoms with Crippen LogP contribution in [0.4, 0.5) is 0 Å². The quantitative estimate of drug-likeness (QED) is 0.271. The second-order valence-electron chi connectivity index (χ2n) is 17.0. The molecule has 4 unspecified atom stereocenters. The third kappa shape index (κ3) is 0.464. The molecule has 0 radical (unpaired) electrons. The number of methoxy groups -OCH3 is 2. The van der Waals surface area contributed by atoms with E-state index >= 15 is 0 Å². The second kappa shape index (κ2) is 2.85. The van der Waals surface area contributed by atoms with Gasteiger partial charge in [0.15, 0.2) is 0 Å². The molecule has 10 heterocycles. The molecule has 10 saturated heterocycles. The van der Waals surface area contributed by atoms with Crippen molar-refractivity contribution in [1.29, 1.82) is 0 Å². The molecular weight excluding hydrogens is 517 g/mol. The summed E-state index contributed by atoms with van der Waals surface area (Å²) in [4.78, 5) is 12.9. The molecule has 3 nitrogen and oxygen atoms in total. The van der Waals surface area contributed by atoms with Crippen molar-refractivity contribution in [2.24, 2.45) is 0 Å². The summed E-state index contributed by atoms with van der Waals surface area (Å²) in [7, 11) is 8.09. The Bertz CT molecular complexity index is 1840. The van der Waals surface area contributed by atoms with Crippen molar-refractivity contribution in [3.8, 4) is 11.5 Å². The number of hydrogen-bond donors (Lipinski definition) is 0. The zero-order valence-corrected chi connectivity index (χ0v) is 25.6. The SMILES string of the molecule is COc1c(C)cc(P(c2cc(C)c(OC)c(C)c2)[C]23[CH]4[CH]5[CH]6[C@@]2([C@@H](C)N(C)C)[Fe]54632789[CH]3[CH]2[CH]7[CH]8[CH]39)cc1C. The maximum atomic E-state index is 5.88. The van der Waals surface area contributed by atoms with Gasteiger partial charge in [0.05, 0.1) is 0 Å². The van der Waals surface area contributed by atoms with Crippen molar-refractivity contribution in [2.75, 3.05) is 28.3 Å². The molecule has 1 spiro atoms. The minimum absolute atomic E-state index is 0.411. The Morgan fingerprint density at radius 1 is 0.730 bits per heavy atom. The average Bonchev–Trinajstić information content (AvgIpc) is 3.78. The van der Waals surface area contributed by atoms with Crippen LogP contribution in [0.1, 0.15) is 29.2 Å². The minimum atomic E-state index is -3.72. The van der Waals surface area contributed by atoms with E-state index in [1.165, 1.54) is 60.8 Å². The van der Waals surface area contributed by atoms with E-state index in [-0.39, 0.29) is 0 Å². The molecule has 2 aromatic rings. The van der Waals surface area contributed by atoms with Gasteiger partial charge in [-0.1, -0.05) is 0 Å². The molecular formula is C32H40FeNO2P. The molecule has 10 aliphatic heterocycles. The van der Waals surface area contributed by atoms with Crippen molar-refractivity contribution < 1.29 is 16.0 Å².